The monoisotopic (exact) mass is 183 g/mol. The fraction of sp³-hybridized carbons (Fsp3) is 0. The van der Waals surface area contributed by atoms with Crippen LogP contribution in [0.5, 0.6) is 0 Å². The second-order valence-electron chi connectivity index (χ2n) is 2.49. The molecule has 0 aliphatic rings. The summed E-state index contributed by atoms with van der Waals surface area (Å²) >= 11 is 0. The van der Waals surface area contributed by atoms with Gasteiger partial charge in [-0.2, -0.15) is 0 Å². The molecular weight excluding hydrogens is 177 g/mol. The molecule has 0 N–H and O–H groups in total. The number of hydrogen-bond acceptors (Lipinski definition) is 2. The predicted octanol–water partition coefficient (Wildman–Crippen LogP) is 2.03. The Morgan fingerprint density at radius 3 is 2.57 bits per heavy atom. The molecule has 14 heavy (non-hydrogen) atoms. The van der Waals surface area contributed by atoms with Crippen molar-refractivity contribution in [1.82, 2.24) is 0 Å². The summed E-state index contributed by atoms with van der Waals surface area (Å²) in [7, 11) is 5.00. The van der Waals surface area contributed by atoms with Gasteiger partial charge in [-0.1, -0.05) is 35.4 Å². The van der Waals surface area contributed by atoms with E-state index in [1.807, 2.05) is 6.07 Å². The number of benzene rings is 1. The second kappa shape index (κ2) is 4.89. The quantitative estimate of drug-likeness (QED) is 0.232. The van der Waals surface area contributed by atoms with Crippen molar-refractivity contribution in [2.24, 2.45) is 5.11 Å². The smallest absolute Gasteiger partial charge is 0.174 e. The van der Waals surface area contributed by atoms with Crippen LogP contribution in [0, 0.1) is 0 Å². The fourth-order valence-electron chi connectivity index (χ4n) is 0.905. The first-order valence-electron chi connectivity index (χ1n) is 3.85. The zero-order valence-corrected chi connectivity index (χ0v) is 7.29. The van der Waals surface area contributed by atoms with Crippen LogP contribution in [0.2, 0.25) is 0 Å². The number of allylic oxidation sites excluding steroid dienone is 1. The van der Waals surface area contributed by atoms with Gasteiger partial charge in [0.1, 0.15) is 5.68 Å². The van der Waals surface area contributed by atoms with Crippen LogP contribution in [0.3, 0.4) is 0 Å². The lowest BCUT2D eigenvalue weighted by Crippen LogP contribution is -1.97. The van der Waals surface area contributed by atoms with Crippen LogP contribution in [0.25, 0.3) is 16.5 Å². The van der Waals surface area contributed by atoms with Gasteiger partial charge >= 0.3 is 0 Å². The normalized spacial score (nSPS) is 10.4. The molecule has 0 atom stereocenters. The summed E-state index contributed by atoms with van der Waals surface area (Å²) in [6.45, 7) is 0. The molecule has 0 aromatic heterocycles. The zero-order valence-electron chi connectivity index (χ0n) is 7.29. The van der Waals surface area contributed by atoms with E-state index in [0.717, 1.165) is 5.56 Å². The molecule has 66 valence electrons. The summed E-state index contributed by atoms with van der Waals surface area (Å²) in [5, 5.41) is 3.19. The van der Waals surface area contributed by atoms with Crippen molar-refractivity contribution >= 4 is 19.6 Å². The van der Waals surface area contributed by atoms with E-state index in [1.165, 1.54) is 6.08 Å². The Morgan fingerprint density at radius 1 is 1.43 bits per heavy atom. The number of carbonyl (C=O) groups excluding carboxylic acids is 1. The summed E-state index contributed by atoms with van der Waals surface area (Å²) in [5.74, 6) is 0. The highest BCUT2D eigenvalue weighted by Crippen LogP contribution is 2.07. The lowest BCUT2D eigenvalue weighted by atomic mass is 9.98. The summed E-state index contributed by atoms with van der Waals surface area (Å²) in [6.07, 6.45) is 1.43. The molecule has 1 aromatic carbocycles. The minimum Gasteiger partial charge on any atom is -0.308 e. The van der Waals surface area contributed by atoms with Gasteiger partial charge < -0.3 is 4.79 Å². The van der Waals surface area contributed by atoms with Crippen LogP contribution in [-0.2, 0) is 4.79 Å². The molecule has 0 aliphatic heterocycles. The Labute approximate surface area is 82.3 Å². The summed E-state index contributed by atoms with van der Waals surface area (Å²) in [6, 6.07) is 9.00. The molecule has 0 fully saturated rings. The van der Waals surface area contributed by atoms with Crippen molar-refractivity contribution in [3.05, 3.63) is 52.0 Å². The van der Waals surface area contributed by atoms with E-state index < -0.39 is 5.68 Å². The first-order valence-corrected chi connectivity index (χ1v) is 3.85. The van der Waals surface area contributed by atoms with E-state index in [-0.39, 0.29) is 5.70 Å². The Hall–Kier alpha value is -2.00. The van der Waals surface area contributed by atoms with Crippen LogP contribution in [0.1, 0.15) is 5.56 Å². The number of nitrogens with zero attached hydrogens (tertiary/aromatic N) is 3. The third-order valence-electron chi connectivity index (χ3n) is 1.51. The van der Waals surface area contributed by atoms with Crippen molar-refractivity contribution < 1.29 is 4.79 Å². The van der Waals surface area contributed by atoms with E-state index in [1.54, 1.807) is 24.3 Å². The molecule has 0 saturated heterocycles. The number of rotatable bonds is 3. The highest BCUT2D eigenvalue weighted by atomic mass is 16.1. The highest BCUT2D eigenvalue weighted by Gasteiger charge is 1.99. The molecule has 1 aromatic rings. The van der Waals surface area contributed by atoms with Gasteiger partial charge in [0.15, 0.2) is 7.85 Å². The molecule has 2 radical (unpaired) electrons. The van der Waals surface area contributed by atoms with Crippen molar-refractivity contribution in [3.8, 4) is 0 Å². The lowest BCUT2D eigenvalue weighted by molar-refractivity contribution is -0.108. The molecule has 1 rings (SSSR count). The highest BCUT2D eigenvalue weighted by molar-refractivity contribution is 6.62. The first kappa shape index (κ1) is 10.1. The maximum Gasteiger partial charge on any atom is 0.174 e. The third kappa shape index (κ3) is 2.81. The number of carbonyl (C=O) groups is 1. The van der Waals surface area contributed by atoms with E-state index >= 15 is 0 Å². The van der Waals surface area contributed by atoms with E-state index in [9.17, 15) is 4.79 Å². The average Bonchev–Trinajstić information content (AvgIpc) is 2.18. The molecule has 5 heteroatoms. The second-order valence-corrected chi connectivity index (χ2v) is 2.49. The van der Waals surface area contributed by atoms with Gasteiger partial charge in [-0.15, -0.1) is 0 Å². The van der Waals surface area contributed by atoms with Gasteiger partial charge in [-0.25, -0.2) is 0 Å². The lowest BCUT2D eigenvalue weighted by Gasteiger charge is -1.95. The average molecular weight is 183 g/mol. The number of hydrogen-bond donors (Lipinski definition) is 0. The third-order valence-corrected chi connectivity index (χ3v) is 1.51. The van der Waals surface area contributed by atoms with Crippen molar-refractivity contribution in [3.63, 3.8) is 0 Å². The Kier molecular flexibility index (Phi) is 3.53. The Balaban J connectivity index is 3.05. The summed E-state index contributed by atoms with van der Waals surface area (Å²) in [4.78, 5) is 13.3. The Bertz CT molecular complexity index is 403. The van der Waals surface area contributed by atoms with Gasteiger partial charge in [0.05, 0.1) is 5.70 Å². The first-order chi connectivity index (χ1) is 6.74. The van der Waals surface area contributed by atoms with Crippen LogP contribution < -0.4 is 0 Å². The van der Waals surface area contributed by atoms with Crippen LogP contribution in [0.15, 0.2) is 41.1 Å². The topological polar surface area (TPSA) is 65.8 Å². The Morgan fingerprint density at radius 2 is 2.07 bits per heavy atom. The van der Waals surface area contributed by atoms with Crippen molar-refractivity contribution in [2.75, 3.05) is 0 Å². The molecule has 0 bridgehead atoms. The van der Waals surface area contributed by atoms with Gasteiger partial charge in [0, 0.05) is 4.91 Å². The zero-order chi connectivity index (χ0) is 10.4. The molecular formula is C9H6BN3O. The van der Waals surface area contributed by atoms with Gasteiger partial charge in [-0.3, -0.25) is 0 Å². The maximum atomic E-state index is 10.8. The summed E-state index contributed by atoms with van der Waals surface area (Å²) < 4.78 is 0. The maximum absolute atomic E-state index is 10.8. The SMILES string of the molecule is [B]C(=O)/C(=C/c1ccccc1)N=[N+]=[N-]. The molecule has 4 nitrogen and oxygen atoms in total. The van der Waals surface area contributed by atoms with Crippen LogP contribution in [0.4, 0.5) is 0 Å². The minimum atomic E-state index is -0.744. The largest absolute Gasteiger partial charge is 0.308 e. The molecule has 0 amide bonds. The molecule has 0 saturated carbocycles. The fourth-order valence-corrected chi connectivity index (χ4v) is 0.905. The van der Waals surface area contributed by atoms with Gasteiger partial charge in [0.25, 0.3) is 0 Å². The molecule has 0 heterocycles. The predicted molar refractivity (Wildman–Crippen MR) is 54.3 cm³/mol. The molecule has 0 aliphatic carbocycles. The van der Waals surface area contributed by atoms with E-state index in [4.69, 9.17) is 13.4 Å². The van der Waals surface area contributed by atoms with E-state index in [0.29, 0.717) is 0 Å². The molecule has 0 unspecified atom stereocenters. The van der Waals surface area contributed by atoms with E-state index in [2.05, 4.69) is 10.0 Å². The molecule has 0 spiro atoms. The van der Waals surface area contributed by atoms with Crippen molar-refractivity contribution in [2.45, 2.75) is 0 Å². The van der Waals surface area contributed by atoms with Crippen LogP contribution in [-0.4, -0.2) is 13.5 Å². The standard InChI is InChI=1S/C9H6BN3O/c10-9(14)8(12-13-11)6-7-4-2-1-3-5-7/h1-6H/b8-6-. The number of azide groups is 1. The van der Waals surface area contributed by atoms with Crippen molar-refractivity contribution in [1.29, 1.82) is 0 Å². The van der Waals surface area contributed by atoms with Gasteiger partial charge in [0.2, 0.25) is 0 Å². The van der Waals surface area contributed by atoms with Gasteiger partial charge in [-0.05, 0) is 17.2 Å². The summed E-state index contributed by atoms with van der Waals surface area (Å²) in [5.41, 5.74) is 8.09. The van der Waals surface area contributed by atoms with Crippen LogP contribution >= 0.6 is 0 Å². The minimum absolute atomic E-state index is 0.0984.